The Balaban J connectivity index is 2.33. The number of halogens is 1. The van der Waals surface area contributed by atoms with Crippen LogP contribution in [0.3, 0.4) is 0 Å². The Labute approximate surface area is 132 Å². The second-order valence-corrected chi connectivity index (χ2v) is 6.59. The number of amides is 1. The quantitative estimate of drug-likeness (QED) is 0.779. The lowest BCUT2D eigenvalue weighted by Crippen LogP contribution is -2.49. The zero-order chi connectivity index (χ0) is 15.4. The van der Waals surface area contributed by atoms with Gasteiger partial charge in [-0.05, 0) is 45.0 Å². The van der Waals surface area contributed by atoms with E-state index in [2.05, 4.69) is 25.9 Å². The molecule has 0 bridgehead atoms. The summed E-state index contributed by atoms with van der Waals surface area (Å²) in [6.07, 6.45) is 2.57. The smallest absolute Gasteiger partial charge is 0.228 e. The molecule has 1 fully saturated rings. The van der Waals surface area contributed by atoms with Crippen molar-refractivity contribution in [3.63, 3.8) is 0 Å². The molecule has 116 valence electrons. The van der Waals surface area contributed by atoms with E-state index in [-0.39, 0.29) is 11.9 Å². The third-order valence-electron chi connectivity index (χ3n) is 4.34. The third-order valence-corrected chi connectivity index (χ3v) is 4.53. The molecule has 1 aromatic carbocycles. The van der Waals surface area contributed by atoms with Crippen molar-refractivity contribution < 1.29 is 4.79 Å². The van der Waals surface area contributed by atoms with Crippen molar-refractivity contribution in [3.8, 4) is 0 Å². The normalized spacial score (nSPS) is 25.3. The lowest BCUT2D eigenvalue weighted by molar-refractivity contribution is -0.118. The van der Waals surface area contributed by atoms with E-state index < -0.39 is 0 Å². The van der Waals surface area contributed by atoms with Gasteiger partial charge in [0.25, 0.3) is 0 Å². The van der Waals surface area contributed by atoms with E-state index >= 15 is 0 Å². The molecule has 3 atom stereocenters. The van der Waals surface area contributed by atoms with Gasteiger partial charge in [0.1, 0.15) is 0 Å². The maximum Gasteiger partial charge on any atom is 0.228 e. The molecule has 0 N–H and O–H groups in total. The van der Waals surface area contributed by atoms with Crippen LogP contribution < -0.4 is 4.90 Å². The summed E-state index contributed by atoms with van der Waals surface area (Å²) in [5.74, 6) is 1.14. The minimum atomic E-state index is 0.127. The molecule has 0 aromatic heterocycles. The van der Waals surface area contributed by atoms with E-state index in [1.54, 1.807) is 0 Å². The second kappa shape index (κ2) is 7.28. The van der Waals surface area contributed by atoms with Crippen LogP contribution >= 0.6 is 11.6 Å². The Morgan fingerprint density at radius 2 is 1.81 bits per heavy atom. The fraction of sp³-hybridized carbons (Fsp3) is 0.588. The fourth-order valence-corrected chi connectivity index (χ4v) is 3.54. The highest BCUT2D eigenvalue weighted by atomic mass is 35.5. The number of rotatable bonds is 5. The molecule has 1 aliphatic rings. The van der Waals surface area contributed by atoms with Crippen LogP contribution in [-0.2, 0) is 4.79 Å². The van der Waals surface area contributed by atoms with E-state index in [1.807, 2.05) is 35.2 Å². The van der Waals surface area contributed by atoms with Crippen LogP contribution in [0.4, 0.5) is 5.69 Å². The molecule has 3 nitrogen and oxygen atoms in total. The molecule has 2 rings (SSSR count). The molecule has 0 radical (unpaired) electrons. The second-order valence-electron chi connectivity index (χ2n) is 6.21. The first-order chi connectivity index (χ1) is 10.0. The Hall–Kier alpha value is -1.06. The van der Waals surface area contributed by atoms with Gasteiger partial charge in [0, 0.05) is 24.0 Å². The van der Waals surface area contributed by atoms with Gasteiger partial charge in [-0.25, -0.2) is 0 Å². The van der Waals surface area contributed by atoms with Crippen molar-refractivity contribution in [2.45, 2.75) is 38.3 Å². The summed E-state index contributed by atoms with van der Waals surface area (Å²) in [5, 5.41) is 0. The van der Waals surface area contributed by atoms with Crippen LogP contribution in [0.15, 0.2) is 30.3 Å². The summed E-state index contributed by atoms with van der Waals surface area (Å²) in [6, 6.07) is 10.6. The molecule has 4 heteroatoms. The molecular formula is C17H25ClN2O. The van der Waals surface area contributed by atoms with Crippen LogP contribution in [0.1, 0.15) is 26.2 Å². The molecule has 1 aliphatic carbocycles. The highest BCUT2D eigenvalue weighted by Crippen LogP contribution is 2.34. The zero-order valence-electron chi connectivity index (χ0n) is 13.1. The van der Waals surface area contributed by atoms with Crippen molar-refractivity contribution in [1.29, 1.82) is 0 Å². The van der Waals surface area contributed by atoms with E-state index in [9.17, 15) is 4.79 Å². The number of carbonyl (C=O) groups excluding carboxylic acids is 1. The maximum atomic E-state index is 12.6. The average Bonchev–Trinajstić information content (AvgIpc) is 2.82. The first-order valence-electron chi connectivity index (χ1n) is 7.64. The largest absolute Gasteiger partial charge is 0.308 e. The molecular weight excluding hydrogens is 284 g/mol. The number of hydrogen-bond donors (Lipinski definition) is 0. The number of benzene rings is 1. The number of nitrogens with zero attached hydrogens (tertiary/aromatic N) is 2. The lowest BCUT2D eigenvalue weighted by atomic mass is 10.1. The van der Waals surface area contributed by atoms with E-state index in [0.29, 0.717) is 24.3 Å². The minimum Gasteiger partial charge on any atom is -0.308 e. The first kappa shape index (κ1) is 16.3. The Morgan fingerprint density at radius 1 is 1.19 bits per heavy atom. The van der Waals surface area contributed by atoms with Crippen LogP contribution in [0, 0.1) is 5.92 Å². The molecule has 0 aliphatic heterocycles. The number of alkyl halides is 1. The maximum absolute atomic E-state index is 12.6. The van der Waals surface area contributed by atoms with Gasteiger partial charge in [0.15, 0.2) is 0 Å². The van der Waals surface area contributed by atoms with Gasteiger partial charge in [-0.3, -0.25) is 4.79 Å². The summed E-state index contributed by atoms with van der Waals surface area (Å²) < 4.78 is 0. The summed E-state index contributed by atoms with van der Waals surface area (Å²) in [6.45, 7) is 2.27. The number of likely N-dealkylation sites (N-methyl/N-ethyl adjacent to an activating group) is 1. The summed E-state index contributed by atoms with van der Waals surface area (Å²) in [5.41, 5.74) is 0.985. The number of hydrogen-bond acceptors (Lipinski definition) is 2. The van der Waals surface area contributed by atoms with Gasteiger partial charge in [-0.15, -0.1) is 11.6 Å². The predicted octanol–water partition coefficient (Wildman–Crippen LogP) is 3.38. The van der Waals surface area contributed by atoms with Crippen LogP contribution in [-0.4, -0.2) is 42.9 Å². The van der Waals surface area contributed by atoms with Crippen molar-refractivity contribution >= 4 is 23.2 Å². The SMILES string of the molecule is CC1CC(N(C)C)C(N(C(=O)CCCl)c2ccccc2)C1. The van der Waals surface area contributed by atoms with Gasteiger partial charge < -0.3 is 9.80 Å². The van der Waals surface area contributed by atoms with E-state index in [4.69, 9.17) is 11.6 Å². The first-order valence-corrected chi connectivity index (χ1v) is 8.17. The topological polar surface area (TPSA) is 23.6 Å². The van der Waals surface area contributed by atoms with Gasteiger partial charge in [-0.2, -0.15) is 0 Å². The highest BCUT2D eigenvalue weighted by Gasteiger charge is 2.39. The fourth-order valence-electron chi connectivity index (χ4n) is 3.38. The Kier molecular flexibility index (Phi) is 5.65. The zero-order valence-corrected chi connectivity index (χ0v) is 13.9. The predicted molar refractivity (Wildman–Crippen MR) is 88.9 cm³/mol. The molecule has 21 heavy (non-hydrogen) atoms. The van der Waals surface area contributed by atoms with Crippen molar-refractivity contribution in [2.75, 3.05) is 24.9 Å². The molecule has 0 heterocycles. The van der Waals surface area contributed by atoms with Gasteiger partial charge in [0.05, 0.1) is 6.04 Å². The van der Waals surface area contributed by atoms with E-state index in [0.717, 1.165) is 18.5 Å². The molecule has 1 saturated carbocycles. The Morgan fingerprint density at radius 3 is 2.38 bits per heavy atom. The number of para-hydroxylation sites is 1. The number of anilines is 1. The van der Waals surface area contributed by atoms with E-state index in [1.165, 1.54) is 0 Å². The molecule has 3 unspecified atom stereocenters. The van der Waals surface area contributed by atoms with Crippen molar-refractivity contribution in [2.24, 2.45) is 5.92 Å². The standard InChI is InChI=1S/C17H25ClN2O/c1-13-11-15(19(2)3)16(12-13)20(17(21)9-10-18)14-7-5-4-6-8-14/h4-8,13,15-16H,9-12H2,1-3H3. The van der Waals surface area contributed by atoms with Crippen molar-refractivity contribution in [3.05, 3.63) is 30.3 Å². The monoisotopic (exact) mass is 308 g/mol. The van der Waals surface area contributed by atoms with Gasteiger partial charge in [0.2, 0.25) is 5.91 Å². The summed E-state index contributed by atoms with van der Waals surface area (Å²) >= 11 is 5.80. The average molecular weight is 309 g/mol. The molecule has 1 amide bonds. The Bertz CT molecular complexity index is 463. The number of carbonyl (C=O) groups is 1. The summed E-state index contributed by atoms with van der Waals surface area (Å²) in [7, 11) is 4.20. The van der Waals surface area contributed by atoms with Gasteiger partial charge >= 0.3 is 0 Å². The minimum absolute atomic E-state index is 0.127. The lowest BCUT2D eigenvalue weighted by Gasteiger charge is -2.36. The van der Waals surface area contributed by atoms with Crippen molar-refractivity contribution in [1.82, 2.24) is 4.90 Å². The van der Waals surface area contributed by atoms with Crippen LogP contribution in [0.2, 0.25) is 0 Å². The van der Waals surface area contributed by atoms with Gasteiger partial charge in [-0.1, -0.05) is 25.1 Å². The highest BCUT2D eigenvalue weighted by molar-refractivity contribution is 6.19. The summed E-state index contributed by atoms with van der Waals surface area (Å²) in [4.78, 5) is 16.9. The third kappa shape index (κ3) is 3.78. The van der Waals surface area contributed by atoms with Crippen LogP contribution in [0.5, 0.6) is 0 Å². The molecule has 0 spiro atoms. The molecule has 0 saturated heterocycles. The molecule has 1 aromatic rings. The van der Waals surface area contributed by atoms with Crippen LogP contribution in [0.25, 0.3) is 0 Å².